The molecule has 1 saturated heterocycles. The average molecular weight is 457 g/mol. The first-order valence-corrected chi connectivity index (χ1v) is 10.3. The average Bonchev–Trinajstić information content (AvgIpc) is 3.25. The molecule has 0 aliphatic carbocycles. The summed E-state index contributed by atoms with van der Waals surface area (Å²) in [6.07, 6.45) is 3.69. The lowest BCUT2D eigenvalue weighted by Crippen LogP contribution is -2.45. The molecule has 1 N–H and O–H groups in total. The van der Waals surface area contributed by atoms with Crippen LogP contribution in [0.1, 0.15) is 18.4 Å². The maximum absolute atomic E-state index is 13.1. The number of amides is 2. The molecule has 2 heterocycles. The highest BCUT2D eigenvalue weighted by Crippen LogP contribution is 2.35. The van der Waals surface area contributed by atoms with Crippen molar-refractivity contribution in [1.29, 1.82) is 0 Å². The normalized spacial score (nSPS) is 19.8. The Morgan fingerprint density at radius 2 is 2.00 bits per heavy atom. The number of anilines is 1. The SMILES string of the molecule is O=C(CN1C(=O)/C(=C\c2ccccc2Br)Oc2ccccc21)NC[C@@H]1CCCO1. The number of halogens is 1. The van der Waals surface area contributed by atoms with Crippen molar-refractivity contribution < 1.29 is 19.1 Å². The Morgan fingerprint density at radius 1 is 1.21 bits per heavy atom. The van der Waals surface area contributed by atoms with Gasteiger partial charge in [0.25, 0.3) is 5.91 Å². The number of benzene rings is 2. The monoisotopic (exact) mass is 456 g/mol. The maximum Gasteiger partial charge on any atom is 0.294 e. The molecule has 29 heavy (non-hydrogen) atoms. The first-order chi connectivity index (χ1) is 14.1. The van der Waals surface area contributed by atoms with E-state index in [4.69, 9.17) is 9.47 Å². The molecule has 4 rings (SSSR count). The van der Waals surface area contributed by atoms with Crippen molar-refractivity contribution in [2.24, 2.45) is 0 Å². The summed E-state index contributed by atoms with van der Waals surface area (Å²) in [4.78, 5) is 27.1. The minimum Gasteiger partial charge on any atom is -0.449 e. The number of nitrogens with one attached hydrogen (secondary N) is 1. The number of rotatable bonds is 5. The molecule has 2 amide bonds. The van der Waals surface area contributed by atoms with Crippen LogP contribution in [0.3, 0.4) is 0 Å². The quantitative estimate of drug-likeness (QED) is 0.698. The number of nitrogens with zero attached hydrogens (tertiary/aromatic N) is 1. The van der Waals surface area contributed by atoms with Crippen LogP contribution in [0.2, 0.25) is 0 Å². The van der Waals surface area contributed by atoms with Crippen LogP contribution in [0.25, 0.3) is 6.08 Å². The van der Waals surface area contributed by atoms with Crippen molar-refractivity contribution >= 4 is 39.5 Å². The highest BCUT2D eigenvalue weighted by Gasteiger charge is 2.31. The highest BCUT2D eigenvalue weighted by molar-refractivity contribution is 9.10. The molecule has 2 aliphatic rings. The third kappa shape index (κ3) is 4.52. The summed E-state index contributed by atoms with van der Waals surface area (Å²) in [7, 11) is 0. The summed E-state index contributed by atoms with van der Waals surface area (Å²) in [6, 6.07) is 14.8. The van der Waals surface area contributed by atoms with Gasteiger partial charge in [-0.1, -0.05) is 46.3 Å². The van der Waals surface area contributed by atoms with Crippen molar-refractivity contribution in [3.63, 3.8) is 0 Å². The van der Waals surface area contributed by atoms with Gasteiger partial charge in [-0.25, -0.2) is 0 Å². The molecule has 2 aliphatic heterocycles. The molecule has 0 spiro atoms. The molecule has 1 fully saturated rings. The van der Waals surface area contributed by atoms with Crippen LogP contribution in [0.5, 0.6) is 5.75 Å². The summed E-state index contributed by atoms with van der Waals surface area (Å²) in [5, 5.41) is 2.87. The Morgan fingerprint density at radius 3 is 2.79 bits per heavy atom. The molecule has 2 aromatic rings. The zero-order valence-electron chi connectivity index (χ0n) is 15.8. The summed E-state index contributed by atoms with van der Waals surface area (Å²) in [5.74, 6) is 0.123. The second-order valence-corrected chi connectivity index (χ2v) is 7.78. The van der Waals surface area contributed by atoms with Gasteiger partial charge in [0.2, 0.25) is 5.91 Å². The van der Waals surface area contributed by atoms with Gasteiger partial charge < -0.3 is 14.8 Å². The van der Waals surface area contributed by atoms with Gasteiger partial charge in [0.15, 0.2) is 11.5 Å². The van der Waals surface area contributed by atoms with Gasteiger partial charge in [-0.2, -0.15) is 0 Å². The van der Waals surface area contributed by atoms with E-state index in [9.17, 15) is 9.59 Å². The maximum atomic E-state index is 13.1. The van der Waals surface area contributed by atoms with E-state index in [1.807, 2.05) is 36.4 Å². The molecule has 7 heteroatoms. The van der Waals surface area contributed by atoms with E-state index in [1.165, 1.54) is 4.90 Å². The minimum absolute atomic E-state index is 0.0533. The van der Waals surface area contributed by atoms with Crippen LogP contribution in [0, 0.1) is 0 Å². The molecule has 0 bridgehead atoms. The van der Waals surface area contributed by atoms with E-state index >= 15 is 0 Å². The first-order valence-electron chi connectivity index (χ1n) is 9.55. The van der Waals surface area contributed by atoms with E-state index in [0.717, 1.165) is 29.5 Å². The third-order valence-corrected chi connectivity index (χ3v) is 5.60. The molecular formula is C22H21BrN2O4. The number of carbonyl (C=O) groups excluding carboxylic acids is 2. The summed E-state index contributed by atoms with van der Waals surface area (Å²) >= 11 is 3.48. The Labute approximate surface area is 177 Å². The fourth-order valence-corrected chi connectivity index (χ4v) is 3.78. The Balaban J connectivity index is 1.55. The van der Waals surface area contributed by atoms with Gasteiger partial charge >= 0.3 is 0 Å². The summed E-state index contributed by atoms with van der Waals surface area (Å²) in [5.41, 5.74) is 1.40. The highest BCUT2D eigenvalue weighted by atomic mass is 79.9. The van der Waals surface area contributed by atoms with Gasteiger partial charge in [0, 0.05) is 17.6 Å². The largest absolute Gasteiger partial charge is 0.449 e. The lowest BCUT2D eigenvalue weighted by atomic mass is 10.1. The van der Waals surface area contributed by atoms with Gasteiger partial charge in [-0.05, 0) is 42.7 Å². The lowest BCUT2D eigenvalue weighted by molar-refractivity contribution is -0.123. The second kappa shape index (κ2) is 8.80. The number of ether oxygens (including phenoxy) is 2. The smallest absolute Gasteiger partial charge is 0.294 e. The van der Waals surface area contributed by atoms with Crippen molar-refractivity contribution in [3.8, 4) is 5.75 Å². The van der Waals surface area contributed by atoms with Crippen molar-refractivity contribution in [2.45, 2.75) is 18.9 Å². The molecule has 6 nitrogen and oxygen atoms in total. The molecule has 150 valence electrons. The molecular weight excluding hydrogens is 436 g/mol. The minimum atomic E-state index is -0.355. The Hall–Kier alpha value is -2.64. The first kappa shape index (κ1) is 19.7. The third-order valence-electron chi connectivity index (χ3n) is 4.88. The number of hydrogen-bond donors (Lipinski definition) is 1. The van der Waals surface area contributed by atoms with Gasteiger partial charge in [0.1, 0.15) is 6.54 Å². The summed E-state index contributed by atoms with van der Waals surface area (Å²) in [6.45, 7) is 1.11. The summed E-state index contributed by atoms with van der Waals surface area (Å²) < 4.78 is 12.2. The van der Waals surface area contributed by atoms with Crippen LogP contribution >= 0.6 is 15.9 Å². The predicted octanol–water partition coefficient (Wildman–Crippen LogP) is 3.51. The number of fused-ring (bicyclic) bond motifs is 1. The Kier molecular flexibility index (Phi) is 5.97. The van der Waals surface area contributed by atoms with Crippen LogP contribution in [0.15, 0.2) is 58.8 Å². The van der Waals surface area contributed by atoms with E-state index in [1.54, 1.807) is 18.2 Å². The van der Waals surface area contributed by atoms with Crippen molar-refractivity contribution in [2.75, 3.05) is 24.6 Å². The topological polar surface area (TPSA) is 67.9 Å². The number of para-hydroxylation sites is 2. The number of hydrogen-bond acceptors (Lipinski definition) is 4. The van der Waals surface area contributed by atoms with E-state index in [2.05, 4.69) is 21.2 Å². The van der Waals surface area contributed by atoms with Crippen LogP contribution in [0.4, 0.5) is 5.69 Å². The van der Waals surface area contributed by atoms with Crippen LogP contribution in [-0.2, 0) is 14.3 Å². The Bertz CT molecular complexity index is 953. The van der Waals surface area contributed by atoms with Gasteiger partial charge in [0.05, 0.1) is 11.8 Å². The number of carbonyl (C=O) groups is 2. The second-order valence-electron chi connectivity index (χ2n) is 6.93. The lowest BCUT2D eigenvalue weighted by Gasteiger charge is -2.30. The van der Waals surface area contributed by atoms with Gasteiger partial charge in [-0.15, -0.1) is 0 Å². The standard InChI is InChI=1S/C22H21BrN2O4/c23-17-8-2-1-6-15(17)12-20-22(27)25(18-9-3-4-10-19(18)29-20)14-21(26)24-13-16-7-5-11-28-16/h1-4,6,8-10,12,16H,5,7,11,13-14H2,(H,24,26)/b20-12+/t16-/m0/s1. The van der Waals surface area contributed by atoms with E-state index in [-0.39, 0.29) is 30.2 Å². The van der Waals surface area contributed by atoms with E-state index < -0.39 is 0 Å². The van der Waals surface area contributed by atoms with Crippen LogP contribution in [-0.4, -0.2) is 37.6 Å². The van der Waals surface area contributed by atoms with Crippen molar-refractivity contribution in [3.05, 3.63) is 64.3 Å². The molecule has 2 aromatic carbocycles. The molecule has 0 unspecified atom stereocenters. The molecule has 0 radical (unpaired) electrons. The molecule has 0 saturated carbocycles. The predicted molar refractivity (Wildman–Crippen MR) is 114 cm³/mol. The zero-order valence-corrected chi connectivity index (χ0v) is 17.4. The fraction of sp³-hybridized carbons (Fsp3) is 0.273. The fourth-order valence-electron chi connectivity index (χ4n) is 3.39. The zero-order chi connectivity index (χ0) is 20.2. The van der Waals surface area contributed by atoms with Crippen LogP contribution < -0.4 is 15.0 Å². The molecule has 0 aromatic heterocycles. The van der Waals surface area contributed by atoms with E-state index in [0.29, 0.717) is 18.0 Å². The molecule has 1 atom stereocenters. The van der Waals surface area contributed by atoms with Gasteiger partial charge in [-0.3, -0.25) is 14.5 Å². The van der Waals surface area contributed by atoms with Crippen molar-refractivity contribution in [1.82, 2.24) is 5.32 Å².